The minimum atomic E-state index is -0.610. The molecule has 1 aromatic heterocycles. The quantitative estimate of drug-likeness (QED) is 0.642. The molecule has 0 radical (unpaired) electrons. The molecule has 0 spiro atoms. The summed E-state index contributed by atoms with van der Waals surface area (Å²) in [4.78, 5) is 15.1. The molecule has 1 aliphatic carbocycles. The van der Waals surface area contributed by atoms with Gasteiger partial charge < -0.3 is 25.3 Å². The number of nitrogens with zero attached hydrogens (tertiary/aromatic N) is 1. The number of aliphatic hydroxyl groups is 1. The third kappa shape index (κ3) is 3.50. The molecule has 3 fully saturated rings. The van der Waals surface area contributed by atoms with Gasteiger partial charge in [-0.05, 0) is 29.9 Å². The van der Waals surface area contributed by atoms with E-state index >= 15 is 0 Å². The number of furan rings is 1. The number of nitrogens with two attached hydrogens (primary N) is 1. The van der Waals surface area contributed by atoms with Crippen LogP contribution in [0.5, 0.6) is 0 Å². The molecule has 29 heavy (non-hydrogen) atoms. The van der Waals surface area contributed by atoms with Gasteiger partial charge in [0, 0.05) is 57.6 Å². The molecule has 4 N–H and O–H groups in total. The molecule has 2 atom stereocenters. The summed E-state index contributed by atoms with van der Waals surface area (Å²) < 4.78 is 10.8. The number of amides is 1. The van der Waals surface area contributed by atoms with Gasteiger partial charge in [0.25, 0.3) is 5.91 Å². The van der Waals surface area contributed by atoms with Crippen molar-refractivity contribution in [3.05, 3.63) is 29.0 Å². The Morgan fingerprint density at radius 1 is 1.34 bits per heavy atom. The molecule has 2 unspecified atom stereocenters. The summed E-state index contributed by atoms with van der Waals surface area (Å²) in [7, 11) is 0. The van der Waals surface area contributed by atoms with Gasteiger partial charge >= 0.3 is 0 Å². The predicted molar refractivity (Wildman–Crippen MR) is 110 cm³/mol. The summed E-state index contributed by atoms with van der Waals surface area (Å²) in [6.07, 6.45) is 2.94. The second kappa shape index (κ2) is 7.16. The van der Waals surface area contributed by atoms with Crippen molar-refractivity contribution in [3.63, 3.8) is 0 Å². The molecular weight excluding hydrogens is 394 g/mol. The number of benzene rings is 1. The molecule has 156 valence electrons. The van der Waals surface area contributed by atoms with Crippen molar-refractivity contribution in [3.8, 4) is 0 Å². The third-order valence-electron chi connectivity index (χ3n) is 6.86. The second-order valence-electron chi connectivity index (χ2n) is 8.72. The van der Waals surface area contributed by atoms with Gasteiger partial charge in [-0.15, -0.1) is 0 Å². The maximum atomic E-state index is 12.7. The number of likely N-dealkylation sites (tertiary alicyclic amines) is 1. The number of β-amino-alcohol motifs (C(OH)–C–C–N with tert-alkyl or cyclic N) is 1. The van der Waals surface area contributed by atoms with Gasteiger partial charge in [-0.3, -0.25) is 9.69 Å². The molecule has 0 bridgehead atoms. The molecule has 5 rings (SSSR count). The maximum absolute atomic E-state index is 12.7. The van der Waals surface area contributed by atoms with Crippen LogP contribution in [0.4, 0.5) is 5.69 Å². The molecule has 1 saturated carbocycles. The Labute approximate surface area is 174 Å². The monoisotopic (exact) mass is 419 g/mol. The largest absolute Gasteiger partial charge is 0.463 e. The van der Waals surface area contributed by atoms with E-state index in [2.05, 4.69) is 10.2 Å². The van der Waals surface area contributed by atoms with Crippen molar-refractivity contribution < 1.29 is 19.1 Å². The lowest BCUT2D eigenvalue weighted by atomic mass is 9.93. The van der Waals surface area contributed by atoms with Crippen LogP contribution < -0.4 is 11.1 Å². The standard InChI is InChI=1S/C21H26ClN3O4/c22-17-7-13(19-12(18(17)23)1-4-29-19)20(26)24-8-14-15-9-25(10-16(14)15)11-21(27)2-5-28-6-3-21/h1,4,7,14-16,27H,2-3,5-6,8-11,23H2,(H,24,26). The Hall–Kier alpha value is -1.80. The summed E-state index contributed by atoms with van der Waals surface area (Å²) in [5.41, 5.74) is 6.66. The summed E-state index contributed by atoms with van der Waals surface area (Å²) in [5, 5.41) is 14.8. The number of hydrogen-bond donors (Lipinski definition) is 3. The number of carbonyl (C=O) groups is 1. The van der Waals surface area contributed by atoms with E-state index in [4.69, 9.17) is 26.5 Å². The lowest BCUT2D eigenvalue weighted by molar-refractivity contribution is -0.0787. The molecule has 8 heteroatoms. The van der Waals surface area contributed by atoms with Gasteiger partial charge in [0.15, 0.2) is 0 Å². The van der Waals surface area contributed by atoms with Crippen LogP contribution >= 0.6 is 11.6 Å². The van der Waals surface area contributed by atoms with E-state index < -0.39 is 5.60 Å². The van der Waals surface area contributed by atoms with E-state index in [0.717, 1.165) is 19.6 Å². The fourth-order valence-corrected chi connectivity index (χ4v) is 5.31. The lowest BCUT2D eigenvalue weighted by Crippen LogP contribution is -2.47. The van der Waals surface area contributed by atoms with Crippen LogP contribution in [-0.2, 0) is 4.74 Å². The van der Waals surface area contributed by atoms with Crippen LogP contribution in [0.3, 0.4) is 0 Å². The first-order valence-electron chi connectivity index (χ1n) is 10.2. The van der Waals surface area contributed by atoms with Crippen molar-refractivity contribution in [2.45, 2.75) is 18.4 Å². The van der Waals surface area contributed by atoms with E-state index in [1.807, 2.05) is 0 Å². The zero-order valence-electron chi connectivity index (χ0n) is 16.2. The van der Waals surface area contributed by atoms with Crippen molar-refractivity contribution in [1.82, 2.24) is 10.2 Å². The predicted octanol–water partition coefficient (Wildman–Crippen LogP) is 2.12. The number of hydrogen-bond acceptors (Lipinski definition) is 6. The molecule has 7 nitrogen and oxygen atoms in total. The number of nitrogens with one attached hydrogen (secondary N) is 1. The van der Waals surface area contributed by atoms with Gasteiger partial charge in [-0.25, -0.2) is 0 Å². The smallest absolute Gasteiger partial charge is 0.255 e. The van der Waals surface area contributed by atoms with Crippen LogP contribution in [0.2, 0.25) is 5.02 Å². The SMILES string of the molecule is Nc1c(Cl)cc(C(=O)NCC2C3CN(CC4(O)CCOCC4)CC23)c2occc12. The first-order valence-corrected chi connectivity index (χ1v) is 10.6. The van der Waals surface area contributed by atoms with E-state index in [1.54, 1.807) is 12.1 Å². The Kier molecular flexibility index (Phi) is 4.74. The second-order valence-corrected chi connectivity index (χ2v) is 9.12. The number of piperidine rings is 1. The van der Waals surface area contributed by atoms with Gasteiger partial charge in [-0.2, -0.15) is 0 Å². The van der Waals surface area contributed by atoms with Crippen LogP contribution in [0.1, 0.15) is 23.2 Å². The highest BCUT2D eigenvalue weighted by Crippen LogP contribution is 2.51. The van der Waals surface area contributed by atoms with Crippen molar-refractivity contribution in [2.24, 2.45) is 17.8 Å². The average molecular weight is 420 g/mol. The Morgan fingerprint density at radius 3 is 2.79 bits per heavy atom. The fraction of sp³-hybridized carbons (Fsp3) is 0.571. The minimum Gasteiger partial charge on any atom is -0.463 e. The number of halogens is 1. The molecule has 2 saturated heterocycles. The molecule has 3 aliphatic rings. The third-order valence-corrected chi connectivity index (χ3v) is 7.17. The van der Waals surface area contributed by atoms with Crippen molar-refractivity contribution in [2.75, 3.05) is 45.1 Å². The number of anilines is 1. The first-order chi connectivity index (χ1) is 14.0. The van der Waals surface area contributed by atoms with Crippen LogP contribution in [0.25, 0.3) is 11.0 Å². The van der Waals surface area contributed by atoms with Gasteiger partial charge in [0.05, 0.1) is 28.1 Å². The number of fused-ring (bicyclic) bond motifs is 2. The van der Waals surface area contributed by atoms with E-state index in [0.29, 0.717) is 77.6 Å². The first kappa shape index (κ1) is 19.2. The van der Waals surface area contributed by atoms with Gasteiger partial charge in [-0.1, -0.05) is 11.6 Å². The summed E-state index contributed by atoms with van der Waals surface area (Å²) in [6.45, 7) is 4.63. The van der Waals surface area contributed by atoms with Crippen LogP contribution in [0.15, 0.2) is 22.8 Å². The Morgan fingerprint density at radius 2 is 2.07 bits per heavy atom. The Bertz CT molecular complexity index is 927. The number of ether oxygens (including phenoxy) is 1. The zero-order chi connectivity index (χ0) is 20.2. The summed E-state index contributed by atoms with van der Waals surface area (Å²) >= 11 is 6.17. The highest BCUT2D eigenvalue weighted by atomic mass is 35.5. The fourth-order valence-electron chi connectivity index (χ4n) is 5.10. The van der Waals surface area contributed by atoms with Gasteiger partial charge in [0.2, 0.25) is 0 Å². The average Bonchev–Trinajstić information content (AvgIpc) is 3.06. The van der Waals surface area contributed by atoms with E-state index in [1.165, 1.54) is 6.26 Å². The zero-order valence-corrected chi connectivity index (χ0v) is 17.0. The van der Waals surface area contributed by atoms with E-state index in [9.17, 15) is 9.90 Å². The number of nitrogen functional groups attached to an aromatic ring is 1. The lowest BCUT2D eigenvalue weighted by Gasteiger charge is -2.36. The number of rotatable bonds is 5. The highest BCUT2D eigenvalue weighted by Gasteiger charge is 2.56. The highest BCUT2D eigenvalue weighted by molar-refractivity contribution is 6.35. The Balaban J connectivity index is 1.15. The topological polar surface area (TPSA) is 101 Å². The number of carbonyl (C=O) groups excluding carboxylic acids is 1. The van der Waals surface area contributed by atoms with Crippen LogP contribution in [-0.4, -0.2) is 60.9 Å². The van der Waals surface area contributed by atoms with Crippen LogP contribution in [0, 0.1) is 17.8 Å². The molecule has 1 amide bonds. The minimum absolute atomic E-state index is 0.190. The van der Waals surface area contributed by atoms with Crippen molar-refractivity contribution >= 4 is 34.2 Å². The summed E-state index contributed by atoms with van der Waals surface area (Å²) in [5.74, 6) is 1.50. The molecular formula is C21H26ClN3O4. The van der Waals surface area contributed by atoms with Gasteiger partial charge in [0.1, 0.15) is 5.58 Å². The molecule has 2 aliphatic heterocycles. The van der Waals surface area contributed by atoms with Crippen molar-refractivity contribution in [1.29, 1.82) is 0 Å². The molecule has 3 heterocycles. The molecule has 2 aromatic rings. The molecule has 1 aromatic carbocycles. The maximum Gasteiger partial charge on any atom is 0.255 e. The normalized spacial score (nSPS) is 28.4. The van der Waals surface area contributed by atoms with E-state index in [-0.39, 0.29) is 5.91 Å². The summed E-state index contributed by atoms with van der Waals surface area (Å²) in [6, 6.07) is 3.29.